The Labute approximate surface area is 169 Å². The Hall–Kier alpha value is -1.70. The van der Waals surface area contributed by atoms with Crippen molar-refractivity contribution in [3.8, 4) is 0 Å². The van der Waals surface area contributed by atoms with E-state index < -0.39 is 10.4 Å². The molecule has 1 aliphatic heterocycles. The van der Waals surface area contributed by atoms with Crippen LogP contribution in [0, 0.1) is 19.8 Å². The monoisotopic (exact) mass is 405 g/mol. The van der Waals surface area contributed by atoms with Gasteiger partial charge in [0, 0.05) is 7.05 Å². The molecule has 0 spiro atoms. The maximum Gasteiger partial charge on any atom is 0.348 e. The number of benzene rings is 1. The molecular weight excluding hydrogens is 372 g/mol. The molecule has 1 unspecified atom stereocenters. The number of rotatable bonds is 7. The second-order valence-electron chi connectivity index (χ2n) is 7.87. The Morgan fingerprint density at radius 1 is 1.25 bits per heavy atom. The smallest absolute Gasteiger partial charge is 0.317 e. The van der Waals surface area contributed by atoms with Crippen LogP contribution >= 0.6 is 0 Å². The van der Waals surface area contributed by atoms with Gasteiger partial charge in [-0.25, -0.2) is 0 Å². The molecule has 0 amide bonds. The predicted octanol–water partition coefficient (Wildman–Crippen LogP) is 3.74. The number of aryl methyl sites for hydroxylation is 3. The molecule has 0 bridgehead atoms. The van der Waals surface area contributed by atoms with Crippen LogP contribution in [0.5, 0.6) is 0 Å². The van der Waals surface area contributed by atoms with Gasteiger partial charge in [0.2, 0.25) is 4.90 Å². The molecule has 6 nitrogen and oxygen atoms in total. The third-order valence-electron chi connectivity index (χ3n) is 5.92. The number of nitrogens with one attached hydrogen (secondary N) is 1. The summed E-state index contributed by atoms with van der Waals surface area (Å²) in [5.74, 6) is 0.844. The number of hydrogen-bond acceptors (Lipinski definition) is 3. The molecule has 1 aliphatic rings. The summed E-state index contributed by atoms with van der Waals surface area (Å²) in [6.07, 6.45) is 6.03. The van der Waals surface area contributed by atoms with Gasteiger partial charge in [-0.2, -0.15) is 14.0 Å². The van der Waals surface area contributed by atoms with Gasteiger partial charge >= 0.3 is 10.4 Å². The maximum absolute atomic E-state index is 13.2. The summed E-state index contributed by atoms with van der Waals surface area (Å²) in [5.41, 5.74) is 3.56. The third-order valence-corrected chi connectivity index (χ3v) is 7.74. The van der Waals surface area contributed by atoms with E-state index in [0.29, 0.717) is 10.6 Å². The zero-order valence-corrected chi connectivity index (χ0v) is 18.3. The van der Waals surface area contributed by atoms with Crippen molar-refractivity contribution in [2.75, 3.05) is 24.4 Å². The summed E-state index contributed by atoms with van der Waals surface area (Å²) in [7, 11) is 0.149. The van der Waals surface area contributed by atoms with E-state index in [-0.39, 0.29) is 0 Å². The Morgan fingerprint density at radius 3 is 2.46 bits per heavy atom. The molecule has 1 fully saturated rings. The Morgan fingerprint density at radius 2 is 1.89 bits per heavy atom. The van der Waals surface area contributed by atoms with Gasteiger partial charge in [0.25, 0.3) is 0 Å². The van der Waals surface area contributed by atoms with Crippen molar-refractivity contribution < 1.29 is 8.76 Å². The summed E-state index contributed by atoms with van der Waals surface area (Å²) in [6, 6.07) is 7.56. The van der Waals surface area contributed by atoms with Gasteiger partial charge in [0.15, 0.2) is 0 Å². The Balaban J connectivity index is 1.65. The second kappa shape index (κ2) is 8.76. The van der Waals surface area contributed by atoms with Crippen LogP contribution in [0.2, 0.25) is 0 Å². The summed E-state index contributed by atoms with van der Waals surface area (Å²) in [5, 5.41) is 7.77. The van der Waals surface area contributed by atoms with Crippen LogP contribution in [-0.2, 0) is 28.1 Å². The molecule has 7 heteroatoms. The molecule has 2 aromatic rings. The van der Waals surface area contributed by atoms with Crippen LogP contribution in [0.3, 0.4) is 0 Å². The molecule has 1 aromatic carbocycles. The minimum atomic E-state index is -3.36. The molecule has 2 N–H and O–H groups in total. The van der Waals surface area contributed by atoms with Crippen LogP contribution in [0.15, 0.2) is 29.2 Å². The first kappa shape index (κ1) is 21.0. The number of nitrogens with zero attached hydrogens (tertiary/aromatic N) is 3. The number of hydrogen-bond donors (Lipinski definition) is 2. The first-order valence-corrected chi connectivity index (χ1v) is 11.6. The third kappa shape index (κ3) is 4.47. The lowest BCUT2D eigenvalue weighted by Gasteiger charge is -2.22. The summed E-state index contributed by atoms with van der Waals surface area (Å²) >= 11 is 0. The maximum atomic E-state index is 13.2. The molecular formula is C21H33N4O2S+. The van der Waals surface area contributed by atoms with Gasteiger partial charge in [-0.1, -0.05) is 18.6 Å². The van der Waals surface area contributed by atoms with Gasteiger partial charge in [-0.15, -0.1) is 0 Å². The summed E-state index contributed by atoms with van der Waals surface area (Å²) in [4.78, 5) is 0.430. The normalized spacial score (nSPS) is 17.5. The molecule has 28 heavy (non-hydrogen) atoms. The van der Waals surface area contributed by atoms with E-state index in [2.05, 4.69) is 10.4 Å². The van der Waals surface area contributed by atoms with Gasteiger partial charge in [-0.3, -0.25) is 4.68 Å². The lowest BCUT2D eigenvalue weighted by Crippen LogP contribution is -2.33. The fourth-order valence-corrected chi connectivity index (χ4v) is 5.42. The molecule has 2 heterocycles. The highest BCUT2D eigenvalue weighted by atomic mass is 32.3. The van der Waals surface area contributed by atoms with Crippen LogP contribution < -0.4 is 9.62 Å². The molecule has 0 aliphatic carbocycles. The van der Waals surface area contributed by atoms with Crippen LogP contribution in [-0.4, -0.2) is 34.5 Å². The topological polar surface area (TPSA) is 70.4 Å². The van der Waals surface area contributed by atoms with E-state index in [9.17, 15) is 8.76 Å². The number of aromatic nitrogens is 2. The van der Waals surface area contributed by atoms with E-state index in [0.717, 1.165) is 36.8 Å². The molecule has 1 aromatic heterocycles. The SMILES string of the molecule is Cc1nn(C)c(C)c1N(C)[S+](=O)(O)c1ccc(CCCC2CCNCC2)cc1. The van der Waals surface area contributed by atoms with Crippen LogP contribution in [0.25, 0.3) is 0 Å². The van der Waals surface area contributed by atoms with Crippen LogP contribution in [0.1, 0.15) is 42.6 Å². The fourth-order valence-electron chi connectivity index (χ4n) is 4.10. The molecule has 3 rings (SSSR count). The van der Waals surface area contributed by atoms with Crippen LogP contribution in [0.4, 0.5) is 5.69 Å². The van der Waals surface area contributed by atoms with Crippen molar-refractivity contribution in [3.63, 3.8) is 0 Å². The van der Waals surface area contributed by atoms with Crippen molar-refractivity contribution in [1.29, 1.82) is 0 Å². The summed E-state index contributed by atoms with van der Waals surface area (Å²) in [6.45, 7) is 6.06. The van der Waals surface area contributed by atoms with Crippen molar-refractivity contribution in [1.82, 2.24) is 15.1 Å². The zero-order chi connectivity index (χ0) is 20.3. The highest BCUT2D eigenvalue weighted by Crippen LogP contribution is 2.31. The van der Waals surface area contributed by atoms with Gasteiger partial charge in [0.05, 0.1) is 18.4 Å². The largest absolute Gasteiger partial charge is 0.348 e. The van der Waals surface area contributed by atoms with E-state index >= 15 is 0 Å². The molecule has 1 atom stereocenters. The number of piperidine rings is 1. The Kier molecular flexibility index (Phi) is 6.58. The zero-order valence-electron chi connectivity index (χ0n) is 17.4. The molecule has 154 valence electrons. The van der Waals surface area contributed by atoms with Gasteiger partial charge < -0.3 is 5.32 Å². The van der Waals surface area contributed by atoms with E-state index in [4.69, 9.17) is 0 Å². The minimum absolute atomic E-state index is 0.430. The highest BCUT2D eigenvalue weighted by Gasteiger charge is 2.38. The molecule has 0 radical (unpaired) electrons. The summed E-state index contributed by atoms with van der Waals surface area (Å²) < 4.78 is 27.2. The van der Waals surface area contributed by atoms with E-state index in [1.807, 2.05) is 33.0 Å². The minimum Gasteiger partial charge on any atom is -0.317 e. The molecule has 1 saturated heterocycles. The first-order chi connectivity index (χ1) is 13.3. The van der Waals surface area contributed by atoms with Crippen molar-refractivity contribution in [2.24, 2.45) is 13.0 Å². The quantitative estimate of drug-likeness (QED) is 0.689. The highest BCUT2D eigenvalue weighted by molar-refractivity contribution is 7.99. The second-order valence-corrected chi connectivity index (χ2v) is 9.88. The van der Waals surface area contributed by atoms with E-state index in [1.165, 1.54) is 35.6 Å². The Bertz CT molecular complexity index is 841. The van der Waals surface area contributed by atoms with E-state index in [1.54, 1.807) is 23.9 Å². The van der Waals surface area contributed by atoms with Gasteiger partial charge in [0.1, 0.15) is 5.69 Å². The lowest BCUT2D eigenvalue weighted by atomic mass is 9.92. The first-order valence-electron chi connectivity index (χ1n) is 10.1. The fraction of sp³-hybridized carbons (Fsp3) is 0.571. The average molecular weight is 406 g/mol. The van der Waals surface area contributed by atoms with Crippen molar-refractivity contribution in [3.05, 3.63) is 41.2 Å². The molecule has 0 saturated carbocycles. The number of anilines is 1. The van der Waals surface area contributed by atoms with Gasteiger partial charge in [-0.05, 0) is 80.4 Å². The van der Waals surface area contributed by atoms with Crippen molar-refractivity contribution >= 4 is 16.1 Å². The lowest BCUT2D eigenvalue weighted by molar-refractivity contribution is 0.347. The van der Waals surface area contributed by atoms with Crippen molar-refractivity contribution in [2.45, 2.75) is 50.8 Å². The average Bonchev–Trinajstić information content (AvgIpc) is 2.94. The standard InChI is InChI=1S/C21H32N4O2S/c1-16-21(17(2)24(3)23-16)25(4)28(26,27)20-10-8-18(9-11-20)6-5-7-19-12-14-22-15-13-19/h8-11,19,22H,5-7,12-15H2,1-4H3/p+1. The predicted molar refractivity (Wildman–Crippen MR) is 115 cm³/mol.